The van der Waals surface area contributed by atoms with Crippen LogP contribution in [0.4, 0.5) is 5.00 Å². The van der Waals surface area contributed by atoms with Gasteiger partial charge < -0.3 is 10.4 Å². The number of carbonyl (C=O) groups is 2. The Morgan fingerprint density at radius 1 is 1.24 bits per heavy atom. The van der Waals surface area contributed by atoms with Crippen molar-refractivity contribution < 1.29 is 14.7 Å². The predicted molar refractivity (Wildman–Crippen MR) is 85.4 cm³/mol. The van der Waals surface area contributed by atoms with Gasteiger partial charge in [0, 0.05) is 16.1 Å². The third-order valence-corrected chi connectivity index (χ3v) is 3.91. The second kappa shape index (κ2) is 6.76. The summed E-state index contributed by atoms with van der Waals surface area (Å²) in [5.74, 6) is -1.54. The summed E-state index contributed by atoms with van der Waals surface area (Å²) in [5.41, 5.74) is 0.659. The van der Waals surface area contributed by atoms with Gasteiger partial charge in [-0.1, -0.05) is 23.2 Å². The van der Waals surface area contributed by atoms with Crippen LogP contribution in [0, 0.1) is 0 Å². The number of aromatic carboxylic acids is 1. The molecule has 0 radical (unpaired) electrons. The topological polar surface area (TPSA) is 66.4 Å². The lowest BCUT2D eigenvalue weighted by molar-refractivity contribution is -0.111. The van der Waals surface area contributed by atoms with Gasteiger partial charge in [0.25, 0.3) is 0 Å². The normalized spacial score (nSPS) is 10.8. The van der Waals surface area contributed by atoms with E-state index in [4.69, 9.17) is 28.3 Å². The maximum absolute atomic E-state index is 11.8. The number of hydrogen-bond donors (Lipinski definition) is 2. The van der Waals surface area contributed by atoms with Gasteiger partial charge in [0.15, 0.2) is 0 Å². The van der Waals surface area contributed by atoms with Gasteiger partial charge >= 0.3 is 5.97 Å². The summed E-state index contributed by atoms with van der Waals surface area (Å²) in [6, 6.07) is 6.33. The third kappa shape index (κ3) is 4.07. The molecule has 2 N–H and O–H groups in total. The van der Waals surface area contributed by atoms with Crippen LogP contribution < -0.4 is 5.32 Å². The highest BCUT2D eigenvalue weighted by Crippen LogP contribution is 2.24. The summed E-state index contributed by atoms with van der Waals surface area (Å²) < 4.78 is 0. The lowest BCUT2D eigenvalue weighted by Crippen LogP contribution is -2.09. The third-order valence-electron chi connectivity index (χ3n) is 2.50. The number of carbonyl (C=O) groups excluding carboxylic acids is 1. The van der Waals surface area contributed by atoms with E-state index in [-0.39, 0.29) is 10.6 Å². The first kappa shape index (κ1) is 15.6. The fraction of sp³-hybridized carbons (Fsp3) is 0. The molecule has 21 heavy (non-hydrogen) atoms. The zero-order valence-corrected chi connectivity index (χ0v) is 12.8. The Hall–Kier alpha value is -1.82. The molecule has 0 aliphatic carbocycles. The van der Waals surface area contributed by atoms with Crippen LogP contribution in [0.2, 0.25) is 10.0 Å². The van der Waals surface area contributed by atoms with Crippen LogP contribution in [0.15, 0.2) is 35.7 Å². The first-order valence-electron chi connectivity index (χ1n) is 5.72. The van der Waals surface area contributed by atoms with E-state index in [0.29, 0.717) is 15.6 Å². The highest BCUT2D eigenvalue weighted by molar-refractivity contribution is 7.14. The predicted octanol–water partition coefficient (Wildman–Crippen LogP) is 4.41. The monoisotopic (exact) mass is 341 g/mol. The zero-order chi connectivity index (χ0) is 15.4. The Bertz CT molecular complexity index is 725. The molecule has 1 aromatic heterocycles. The number of halogens is 2. The zero-order valence-electron chi connectivity index (χ0n) is 10.5. The van der Waals surface area contributed by atoms with Crippen molar-refractivity contribution in [3.63, 3.8) is 0 Å². The van der Waals surface area contributed by atoms with E-state index < -0.39 is 11.9 Å². The van der Waals surface area contributed by atoms with Gasteiger partial charge in [-0.3, -0.25) is 4.79 Å². The minimum absolute atomic E-state index is 0.0579. The molecule has 0 saturated carbocycles. The van der Waals surface area contributed by atoms with Crippen molar-refractivity contribution in [1.82, 2.24) is 0 Å². The SMILES string of the molecule is O=C(/C=C/c1cc(Cl)ccc1Cl)Nc1sccc1C(=O)O. The molecule has 0 bridgehead atoms. The van der Waals surface area contributed by atoms with Gasteiger partial charge in [0.1, 0.15) is 5.00 Å². The molecule has 1 aromatic carbocycles. The number of thiophene rings is 1. The highest BCUT2D eigenvalue weighted by atomic mass is 35.5. The van der Waals surface area contributed by atoms with E-state index in [2.05, 4.69) is 5.32 Å². The van der Waals surface area contributed by atoms with E-state index in [1.165, 1.54) is 18.2 Å². The summed E-state index contributed by atoms with van der Waals surface area (Å²) in [4.78, 5) is 22.7. The molecule has 0 fully saturated rings. The Morgan fingerprint density at radius 3 is 2.71 bits per heavy atom. The Morgan fingerprint density at radius 2 is 2.00 bits per heavy atom. The first-order chi connectivity index (χ1) is 9.97. The van der Waals surface area contributed by atoms with Crippen molar-refractivity contribution in [3.05, 3.63) is 56.9 Å². The molecule has 0 spiro atoms. The van der Waals surface area contributed by atoms with Crippen molar-refractivity contribution in [2.75, 3.05) is 5.32 Å². The molecule has 4 nitrogen and oxygen atoms in total. The molecule has 2 aromatic rings. The molecule has 0 aliphatic heterocycles. The van der Waals surface area contributed by atoms with Gasteiger partial charge in [0.2, 0.25) is 5.91 Å². The first-order valence-corrected chi connectivity index (χ1v) is 7.36. The van der Waals surface area contributed by atoms with E-state index in [1.54, 1.807) is 23.6 Å². The van der Waals surface area contributed by atoms with Crippen molar-refractivity contribution in [2.24, 2.45) is 0 Å². The molecule has 0 saturated heterocycles. The van der Waals surface area contributed by atoms with E-state index in [0.717, 1.165) is 11.3 Å². The second-order valence-electron chi connectivity index (χ2n) is 3.96. The number of benzene rings is 1. The summed E-state index contributed by atoms with van der Waals surface area (Å²) >= 11 is 13.0. The molecular formula is C14H9Cl2NO3S. The van der Waals surface area contributed by atoms with Gasteiger partial charge in [-0.25, -0.2) is 4.79 Å². The smallest absolute Gasteiger partial charge is 0.338 e. The fourth-order valence-corrected chi connectivity index (χ4v) is 2.68. The van der Waals surface area contributed by atoms with Crippen LogP contribution in [0.1, 0.15) is 15.9 Å². The molecule has 0 aliphatic rings. The second-order valence-corrected chi connectivity index (χ2v) is 5.72. The van der Waals surface area contributed by atoms with Crippen LogP contribution in [-0.2, 0) is 4.79 Å². The molecule has 0 atom stereocenters. The van der Waals surface area contributed by atoms with E-state index in [9.17, 15) is 9.59 Å². The van der Waals surface area contributed by atoms with Crippen molar-refractivity contribution in [3.8, 4) is 0 Å². The number of carboxylic acids is 1. The van der Waals surface area contributed by atoms with Crippen LogP contribution >= 0.6 is 34.5 Å². The quantitative estimate of drug-likeness (QED) is 0.809. The van der Waals surface area contributed by atoms with Crippen LogP contribution in [0.25, 0.3) is 6.08 Å². The molecule has 1 amide bonds. The summed E-state index contributed by atoms with van der Waals surface area (Å²) in [6.07, 6.45) is 2.78. The van der Waals surface area contributed by atoms with Gasteiger partial charge in [-0.2, -0.15) is 0 Å². The largest absolute Gasteiger partial charge is 0.478 e. The lowest BCUT2D eigenvalue weighted by Gasteiger charge is -2.01. The molecule has 2 rings (SSSR count). The number of carboxylic acid groups (broad SMARTS) is 1. The molecule has 7 heteroatoms. The highest BCUT2D eigenvalue weighted by Gasteiger charge is 2.12. The van der Waals surface area contributed by atoms with Gasteiger partial charge in [0.05, 0.1) is 5.56 Å². The van der Waals surface area contributed by atoms with E-state index >= 15 is 0 Å². The summed E-state index contributed by atoms with van der Waals surface area (Å²) in [5, 5.41) is 14.3. The molecular weight excluding hydrogens is 333 g/mol. The van der Waals surface area contributed by atoms with Crippen LogP contribution in [0.3, 0.4) is 0 Å². The summed E-state index contributed by atoms with van der Waals surface area (Å²) in [7, 11) is 0. The minimum atomic E-state index is -1.09. The molecule has 1 heterocycles. The average Bonchev–Trinajstić information content (AvgIpc) is 2.88. The number of anilines is 1. The molecule has 108 valence electrons. The van der Waals surface area contributed by atoms with Crippen molar-refractivity contribution in [2.45, 2.75) is 0 Å². The maximum Gasteiger partial charge on any atom is 0.338 e. The standard InChI is InChI=1S/C14H9Cl2NO3S/c15-9-2-3-11(16)8(7-9)1-4-12(18)17-13-10(14(19)20)5-6-21-13/h1-7H,(H,17,18)(H,19,20)/b4-1+. The van der Waals surface area contributed by atoms with Crippen LogP contribution in [0.5, 0.6) is 0 Å². The number of amides is 1. The average molecular weight is 342 g/mol. The maximum atomic E-state index is 11.8. The van der Waals surface area contributed by atoms with Crippen molar-refractivity contribution >= 4 is 57.5 Å². The lowest BCUT2D eigenvalue weighted by atomic mass is 10.2. The van der Waals surface area contributed by atoms with E-state index in [1.807, 2.05) is 0 Å². The Balaban J connectivity index is 2.11. The molecule has 0 unspecified atom stereocenters. The number of nitrogens with one attached hydrogen (secondary N) is 1. The fourth-order valence-electron chi connectivity index (χ4n) is 1.54. The van der Waals surface area contributed by atoms with Crippen molar-refractivity contribution in [1.29, 1.82) is 0 Å². The Kier molecular flexibility index (Phi) is 5.01. The Labute approximate surface area is 134 Å². The summed E-state index contributed by atoms with van der Waals surface area (Å²) in [6.45, 7) is 0. The number of hydrogen-bond acceptors (Lipinski definition) is 3. The number of rotatable bonds is 4. The minimum Gasteiger partial charge on any atom is -0.478 e. The van der Waals surface area contributed by atoms with Gasteiger partial charge in [-0.05, 0) is 41.3 Å². The van der Waals surface area contributed by atoms with Gasteiger partial charge in [-0.15, -0.1) is 11.3 Å². The van der Waals surface area contributed by atoms with Crippen LogP contribution in [-0.4, -0.2) is 17.0 Å².